The lowest BCUT2D eigenvalue weighted by atomic mass is 10.0. The summed E-state index contributed by atoms with van der Waals surface area (Å²) in [6.45, 7) is 3.82. The summed E-state index contributed by atoms with van der Waals surface area (Å²) in [5.41, 5.74) is 1.11. The molecule has 23 heavy (non-hydrogen) atoms. The maximum absolute atomic E-state index is 13.6. The molecule has 0 radical (unpaired) electrons. The van der Waals surface area contributed by atoms with Crippen LogP contribution in [0.1, 0.15) is 30.9 Å². The minimum absolute atomic E-state index is 0.0992. The molecule has 1 N–H and O–H groups in total. The van der Waals surface area contributed by atoms with E-state index in [0.717, 1.165) is 5.56 Å². The molecule has 0 atom stereocenters. The molecule has 4 nitrogen and oxygen atoms in total. The first-order valence-corrected chi connectivity index (χ1v) is 8.74. The van der Waals surface area contributed by atoms with E-state index in [1.165, 1.54) is 12.1 Å². The molecule has 0 spiro atoms. The van der Waals surface area contributed by atoms with Gasteiger partial charge in [0.15, 0.2) is 0 Å². The highest BCUT2D eigenvalue weighted by Gasteiger charge is 2.18. The summed E-state index contributed by atoms with van der Waals surface area (Å²) in [7, 11) is -2.18. The van der Waals surface area contributed by atoms with Gasteiger partial charge in [0.25, 0.3) is 0 Å². The van der Waals surface area contributed by atoms with Crippen molar-refractivity contribution in [1.82, 2.24) is 4.72 Å². The van der Waals surface area contributed by atoms with Crippen LogP contribution in [0, 0.1) is 5.82 Å². The van der Waals surface area contributed by atoms with Crippen molar-refractivity contribution in [2.24, 2.45) is 0 Å². The number of hydrogen-bond donors (Lipinski definition) is 1. The first-order chi connectivity index (χ1) is 10.8. The minimum Gasteiger partial charge on any atom is -0.496 e. The number of benzene rings is 2. The number of hydrogen-bond acceptors (Lipinski definition) is 3. The van der Waals surface area contributed by atoms with E-state index in [1.807, 2.05) is 13.8 Å². The molecule has 124 valence electrons. The van der Waals surface area contributed by atoms with Crippen LogP contribution in [0.25, 0.3) is 0 Å². The standard InChI is InChI=1S/C17H20FNO3S/c1-12(2)15-10-14(8-9-17(15)22-3)23(20,21)19-11-13-6-4-5-7-16(13)18/h4-10,12,19H,11H2,1-3H3. The average Bonchev–Trinajstić information content (AvgIpc) is 2.53. The first kappa shape index (κ1) is 17.4. The Balaban J connectivity index is 2.26. The van der Waals surface area contributed by atoms with Crippen molar-refractivity contribution < 1.29 is 17.5 Å². The number of ether oxygens (including phenoxy) is 1. The Labute approximate surface area is 136 Å². The molecule has 0 aliphatic carbocycles. The fraction of sp³-hybridized carbons (Fsp3) is 0.294. The first-order valence-electron chi connectivity index (χ1n) is 7.26. The molecule has 0 aromatic heterocycles. The molecule has 0 saturated carbocycles. The van der Waals surface area contributed by atoms with Crippen LogP contribution in [0.4, 0.5) is 4.39 Å². The monoisotopic (exact) mass is 337 g/mol. The zero-order valence-corrected chi connectivity index (χ0v) is 14.2. The third-order valence-corrected chi connectivity index (χ3v) is 4.94. The fourth-order valence-electron chi connectivity index (χ4n) is 2.23. The molecular formula is C17H20FNO3S. The molecule has 2 aromatic carbocycles. The van der Waals surface area contributed by atoms with Gasteiger partial charge < -0.3 is 4.74 Å². The van der Waals surface area contributed by atoms with Crippen LogP contribution in [-0.4, -0.2) is 15.5 Å². The second kappa shape index (κ2) is 7.10. The summed E-state index contributed by atoms with van der Waals surface area (Å²) in [5.74, 6) is 0.326. The molecule has 0 aliphatic heterocycles. The van der Waals surface area contributed by atoms with Gasteiger partial charge in [-0.25, -0.2) is 17.5 Å². The van der Waals surface area contributed by atoms with Crippen LogP contribution in [0.5, 0.6) is 5.75 Å². The van der Waals surface area contributed by atoms with E-state index in [4.69, 9.17) is 4.74 Å². The van der Waals surface area contributed by atoms with Crippen molar-refractivity contribution in [3.05, 3.63) is 59.4 Å². The normalized spacial score (nSPS) is 11.7. The lowest BCUT2D eigenvalue weighted by Crippen LogP contribution is -2.24. The Morgan fingerprint density at radius 2 is 1.87 bits per heavy atom. The van der Waals surface area contributed by atoms with Crippen LogP contribution in [0.2, 0.25) is 0 Å². The van der Waals surface area contributed by atoms with Gasteiger partial charge in [0, 0.05) is 12.1 Å². The predicted octanol–water partition coefficient (Wildman–Crippen LogP) is 3.44. The number of halogens is 1. The van der Waals surface area contributed by atoms with Crippen LogP contribution < -0.4 is 9.46 Å². The Morgan fingerprint density at radius 1 is 1.17 bits per heavy atom. The highest BCUT2D eigenvalue weighted by atomic mass is 32.2. The molecule has 0 fully saturated rings. The molecule has 0 aliphatic rings. The summed E-state index contributed by atoms with van der Waals surface area (Å²) in [6.07, 6.45) is 0. The predicted molar refractivity (Wildman–Crippen MR) is 87.5 cm³/mol. The van der Waals surface area contributed by atoms with E-state index in [1.54, 1.807) is 37.4 Å². The SMILES string of the molecule is COc1ccc(S(=O)(=O)NCc2ccccc2F)cc1C(C)C. The highest BCUT2D eigenvalue weighted by Crippen LogP contribution is 2.28. The minimum atomic E-state index is -3.73. The van der Waals surface area contributed by atoms with Crippen LogP contribution in [-0.2, 0) is 16.6 Å². The lowest BCUT2D eigenvalue weighted by Gasteiger charge is -2.14. The van der Waals surface area contributed by atoms with E-state index in [9.17, 15) is 12.8 Å². The third-order valence-electron chi connectivity index (χ3n) is 3.54. The molecule has 2 rings (SSSR count). The van der Waals surface area contributed by atoms with Gasteiger partial charge in [-0.05, 0) is 35.7 Å². The zero-order valence-electron chi connectivity index (χ0n) is 13.3. The summed E-state index contributed by atoms with van der Waals surface area (Å²) in [5, 5.41) is 0. The van der Waals surface area contributed by atoms with E-state index in [2.05, 4.69) is 4.72 Å². The summed E-state index contributed by atoms with van der Waals surface area (Å²) < 4.78 is 46.1. The molecular weight excluding hydrogens is 317 g/mol. The summed E-state index contributed by atoms with van der Waals surface area (Å²) in [4.78, 5) is 0.137. The largest absolute Gasteiger partial charge is 0.496 e. The van der Waals surface area contributed by atoms with E-state index in [-0.39, 0.29) is 17.4 Å². The maximum atomic E-state index is 13.6. The number of methoxy groups -OCH3 is 1. The number of nitrogens with one attached hydrogen (secondary N) is 1. The van der Waals surface area contributed by atoms with Gasteiger partial charge in [-0.15, -0.1) is 0 Å². The smallest absolute Gasteiger partial charge is 0.240 e. The van der Waals surface area contributed by atoms with Crippen molar-refractivity contribution in [1.29, 1.82) is 0 Å². The van der Waals surface area contributed by atoms with Crippen LogP contribution in [0.15, 0.2) is 47.4 Å². The third kappa shape index (κ3) is 4.09. The molecule has 0 amide bonds. The zero-order chi connectivity index (χ0) is 17.0. The van der Waals surface area contributed by atoms with E-state index < -0.39 is 15.8 Å². The van der Waals surface area contributed by atoms with Crippen molar-refractivity contribution in [2.45, 2.75) is 31.2 Å². The Morgan fingerprint density at radius 3 is 2.48 bits per heavy atom. The van der Waals surface area contributed by atoms with Gasteiger partial charge in [0.05, 0.1) is 12.0 Å². The molecule has 0 heterocycles. The van der Waals surface area contributed by atoms with E-state index in [0.29, 0.717) is 11.3 Å². The second-order valence-electron chi connectivity index (χ2n) is 5.47. The Hall–Kier alpha value is -1.92. The van der Waals surface area contributed by atoms with Gasteiger partial charge in [-0.1, -0.05) is 32.0 Å². The van der Waals surface area contributed by atoms with Crippen molar-refractivity contribution in [2.75, 3.05) is 7.11 Å². The fourth-order valence-corrected chi connectivity index (χ4v) is 3.27. The van der Waals surface area contributed by atoms with Crippen molar-refractivity contribution in [3.63, 3.8) is 0 Å². The molecule has 0 bridgehead atoms. The highest BCUT2D eigenvalue weighted by molar-refractivity contribution is 7.89. The van der Waals surface area contributed by atoms with Gasteiger partial charge in [-0.3, -0.25) is 0 Å². The van der Waals surface area contributed by atoms with Crippen molar-refractivity contribution >= 4 is 10.0 Å². The summed E-state index contributed by atoms with van der Waals surface area (Å²) in [6, 6.07) is 10.8. The van der Waals surface area contributed by atoms with Gasteiger partial charge in [0.2, 0.25) is 10.0 Å². The topological polar surface area (TPSA) is 55.4 Å². The maximum Gasteiger partial charge on any atom is 0.240 e. The molecule has 0 saturated heterocycles. The number of sulfonamides is 1. The van der Waals surface area contributed by atoms with E-state index >= 15 is 0 Å². The van der Waals surface area contributed by atoms with Gasteiger partial charge in [-0.2, -0.15) is 0 Å². The Kier molecular flexibility index (Phi) is 5.38. The van der Waals surface area contributed by atoms with Crippen LogP contribution in [0.3, 0.4) is 0 Å². The van der Waals surface area contributed by atoms with Gasteiger partial charge in [0.1, 0.15) is 11.6 Å². The Bertz CT molecular complexity index is 788. The lowest BCUT2D eigenvalue weighted by molar-refractivity contribution is 0.407. The van der Waals surface area contributed by atoms with Crippen molar-refractivity contribution in [3.8, 4) is 5.75 Å². The molecule has 0 unspecified atom stereocenters. The van der Waals surface area contributed by atoms with Crippen LogP contribution >= 0.6 is 0 Å². The average molecular weight is 337 g/mol. The number of rotatable bonds is 6. The quantitative estimate of drug-likeness (QED) is 0.878. The molecule has 6 heteroatoms. The van der Waals surface area contributed by atoms with Gasteiger partial charge >= 0.3 is 0 Å². The second-order valence-corrected chi connectivity index (χ2v) is 7.24. The molecule has 2 aromatic rings. The summed E-state index contributed by atoms with van der Waals surface area (Å²) >= 11 is 0.